The predicted octanol–water partition coefficient (Wildman–Crippen LogP) is 3.71. The summed E-state index contributed by atoms with van der Waals surface area (Å²) in [6.45, 7) is 0.528. The van der Waals surface area contributed by atoms with Gasteiger partial charge in [0.15, 0.2) is 6.61 Å². The molecule has 7 nitrogen and oxygen atoms in total. The van der Waals surface area contributed by atoms with E-state index in [-0.39, 0.29) is 30.7 Å². The second kappa shape index (κ2) is 7.72. The summed E-state index contributed by atoms with van der Waals surface area (Å²) in [5, 5.41) is 5.71. The van der Waals surface area contributed by atoms with Gasteiger partial charge in [-0.15, -0.1) is 0 Å². The molecule has 0 aromatic heterocycles. The molecule has 2 aromatic carbocycles. The lowest BCUT2D eigenvalue weighted by molar-refractivity contribution is -0.120. The minimum absolute atomic E-state index is 0.0308. The Bertz CT molecular complexity index is 1060. The van der Waals surface area contributed by atoms with Crippen LogP contribution in [0, 0.1) is 0 Å². The van der Waals surface area contributed by atoms with Crippen LogP contribution in [0.25, 0.3) is 0 Å². The topological polar surface area (TPSA) is 87.7 Å². The molecule has 0 saturated heterocycles. The highest BCUT2D eigenvalue weighted by Gasteiger charge is 2.45. The molecule has 2 aromatic rings. The number of carbonyl (C=O) groups excluding carboxylic acids is 3. The molecule has 0 bridgehead atoms. The van der Waals surface area contributed by atoms with E-state index in [9.17, 15) is 14.4 Å². The van der Waals surface area contributed by atoms with Crippen molar-refractivity contribution in [1.82, 2.24) is 4.90 Å². The first-order valence-electron chi connectivity index (χ1n) is 10.8. The SMILES string of the molecule is O=C(CC1(N2Cc3ccccc3C2=O)CCCCC1)Nc1ccc2c(c1)OCC(=O)N2. The van der Waals surface area contributed by atoms with Crippen LogP contribution in [-0.4, -0.2) is 34.8 Å². The van der Waals surface area contributed by atoms with E-state index in [2.05, 4.69) is 10.6 Å². The fourth-order valence-corrected chi connectivity index (χ4v) is 5.05. The molecule has 3 aliphatic rings. The van der Waals surface area contributed by atoms with Crippen molar-refractivity contribution in [1.29, 1.82) is 0 Å². The highest BCUT2D eigenvalue weighted by Crippen LogP contribution is 2.41. The van der Waals surface area contributed by atoms with Gasteiger partial charge >= 0.3 is 0 Å². The molecule has 0 atom stereocenters. The molecule has 2 N–H and O–H groups in total. The summed E-state index contributed by atoms with van der Waals surface area (Å²) in [6, 6.07) is 12.9. The van der Waals surface area contributed by atoms with Crippen LogP contribution in [0.15, 0.2) is 42.5 Å². The zero-order chi connectivity index (χ0) is 21.4. The molecule has 160 valence electrons. The number of benzene rings is 2. The van der Waals surface area contributed by atoms with Crippen molar-refractivity contribution in [2.75, 3.05) is 17.2 Å². The van der Waals surface area contributed by atoms with Gasteiger partial charge in [0.1, 0.15) is 5.75 Å². The lowest BCUT2D eigenvalue weighted by Crippen LogP contribution is -2.52. The van der Waals surface area contributed by atoms with E-state index >= 15 is 0 Å². The summed E-state index contributed by atoms with van der Waals surface area (Å²) in [5.41, 5.74) is 2.53. The Kier molecular flexibility index (Phi) is 4.88. The maximum absolute atomic E-state index is 13.2. The second-order valence-electron chi connectivity index (χ2n) is 8.61. The summed E-state index contributed by atoms with van der Waals surface area (Å²) in [4.78, 5) is 39.6. The van der Waals surface area contributed by atoms with Crippen LogP contribution in [-0.2, 0) is 16.1 Å². The number of ether oxygens (including phenoxy) is 1. The number of fused-ring (bicyclic) bond motifs is 2. The van der Waals surface area contributed by atoms with E-state index in [1.807, 2.05) is 29.2 Å². The average Bonchev–Trinajstić information content (AvgIpc) is 3.12. The van der Waals surface area contributed by atoms with Gasteiger partial charge in [-0.25, -0.2) is 0 Å². The van der Waals surface area contributed by atoms with Gasteiger partial charge in [-0.3, -0.25) is 14.4 Å². The summed E-state index contributed by atoms with van der Waals surface area (Å²) in [5.74, 6) is 0.253. The van der Waals surface area contributed by atoms with Crippen molar-refractivity contribution in [2.24, 2.45) is 0 Å². The molecule has 0 spiro atoms. The second-order valence-corrected chi connectivity index (χ2v) is 8.61. The largest absolute Gasteiger partial charge is 0.482 e. The normalized spacial score (nSPS) is 19.2. The minimum atomic E-state index is -0.461. The van der Waals surface area contributed by atoms with Gasteiger partial charge in [-0.05, 0) is 36.6 Å². The van der Waals surface area contributed by atoms with Crippen molar-refractivity contribution in [2.45, 2.75) is 50.6 Å². The first kappa shape index (κ1) is 19.6. The lowest BCUT2D eigenvalue weighted by atomic mass is 9.77. The van der Waals surface area contributed by atoms with Crippen molar-refractivity contribution in [3.05, 3.63) is 53.6 Å². The zero-order valence-corrected chi connectivity index (χ0v) is 17.3. The first-order valence-corrected chi connectivity index (χ1v) is 10.8. The monoisotopic (exact) mass is 419 g/mol. The summed E-state index contributed by atoms with van der Waals surface area (Å²) < 4.78 is 5.44. The Morgan fingerprint density at radius 3 is 2.71 bits per heavy atom. The van der Waals surface area contributed by atoms with Gasteiger partial charge in [-0.1, -0.05) is 37.5 Å². The van der Waals surface area contributed by atoms with Gasteiger partial charge in [0.05, 0.1) is 17.6 Å². The number of hydrogen-bond donors (Lipinski definition) is 2. The number of anilines is 2. The van der Waals surface area contributed by atoms with E-state index in [1.165, 1.54) is 0 Å². The van der Waals surface area contributed by atoms with E-state index in [4.69, 9.17) is 4.74 Å². The molecule has 1 saturated carbocycles. The van der Waals surface area contributed by atoms with Crippen LogP contribution in [0.3, 0.4) is 0 Å². The van der Waals surface area contributed by atoms with E-state index in [0.717, 1.165) is 43.2 Å². The third-order valence-corrected chi connectivity index (χ3v) is 6.57. The highest BCUT2D eigenvalue weighted by molar-refractivity contribution is 6.00. The van der Waals surface area contributed by atoms with Crippen LogP contribution in [0.2, 0.25) is 0 Å². The van der Waals surface area contributed by atoms with E-state index in [0.29, 0.717) is 23.7 Å². The number of nitrogens with one attached hydrogen (secondary N) is 2. The number of hydrogen-bond acceptors (Lipinski definition) is 4. The molecular weight excluding hydrogens is 394 g/mol. The quantitative estimate of drug-likeness (QED) is 0.791. The molecule has 0 unspecified atom stereocenters. The molecular formula is C24H25N3O4. The standard InChI is InChI=1S/C24H25N3O4/c28-21(25-17-8-9-19-20(12-17)31-15-22(29)26-19)13-24(10-4-1-5-11-24)27-14-16-6-2-3-7-18(16)23(27)30/h2-3,6-9,12H,1,4-5,10-11,13-15H2,(H,25,28)(H,26,29). The van der Waals surface area contributed by atoms with E-state index in [1.54, 1.807) is 18.2 Å². The Balaban J connectivity index is 1.34. The lowest BCUT2D eigenvalue weighted by Gasteiger charge is -2.44. The molecule has 5 rings (SSSR count). The first-order chi connectivity index (χ1) is 15.0. The van der Waals surface area contributed by atoms with Crippen LogP contribution < -0.4 is 15.4 Å². The Hall–Kier alpha value is -3.35. The summed E-state index contributed by atoms with van der Waals surface area (Å²) >= 11 is 0. The Morgan fingerprint density at radius 2 is 1.90 bits per heavy atom. The minimum Gasteiger partial charge on any atom is -0.482 e. The number of amides is 3. The third kappa shape index (κ3) is 3.65. The molecule has 7 heteroatoms. The van der Waals surface area contributed by atoms with Gasteiger partial charge in [-0.2, -0.15) is 0 Å². The van der Waals surface area contributed by atoms with Crippen LogP contribution in [0.4, 0.5) is 11.4 Å². The molecule has 3 amide bonds. The fourth-order valence-electron chi connectivity index (χ4n) is 5.05. The van der Waals surface area contributed by atoms with Crippen LogP contribution in [0.5, 0.6) is 5.75 Å². The molecule has 2 aliphatic heterocycles. The number of nitrogens with zero attached hydrogens (tertiary/aromatic N) is 1. The van der Waals surface area contributed by atoms with Crippen LogP contribution >= 0.6 is 0 Å². The van der Waals surface area contributed by atoms with Crippen molar-refractivity contribution in [3.63, 3.8) is 0 Å². The fraction of sp³-hybridized carbons (Fsp3) is 0.375. The molecule has 1 aliphatic carbocycles. The predicted molar refractivity (Wildman–Crippen MR) is 116 cm³/mol. The van der Waals surface area contributed by atoms with Crippen LogP contribution in [0.1, 0.15) is 54.4 Å². The van der Waals surface area contributed by atoms with E-state index < -0.39 is 5.54 Å². The molecule has 1 fully saturated rings. The highest BCUT2D eigenvalue weighted by atomic mass is 16.5. The average molecular weight is 419 g/mol. The summed E-state index contributed by atoms with van der Waals surface area (Å²) in [7, 11) is 0. The van der Waals surface area contributed by atoms with Gasteiger partial charge in [0.25, 0.3) is 11.8 Å². The summed E-state index contributed by atoms with van der Waals surface area (Å²) in [6.07, 6.45) is 5.09. The maximum atomic E-state index is 13.2. The number of rotatable bonds is 4. The smallest absolute Gasteiger partial charge is 0.262 e. The van der Waals surface area contributed by atoms with Gasteiger partial charge in [0.2, 0.25) is 5.91 Å². The van der Waals surface area contributed by atoms with Crippen molar-refractivity contribution >= 4 is 29.1 Å². The van der Waals surface area contributed by atoms with Gasteiger partial charge in [0, 0.05) is 23.9 Å². The van der Waals surface area contributed by atoms with Crippen molar-refractivity contribution in [3.8, 4) is 5.75 Å². The Morgan fingerprint density at radius 1 is 1.10 bits per heavy atom. The molecule has 31 heavy (non-hydrogen) atoms. The zero-order valence-electron chi connectivity index (χ0n) is 17.3. The Labute approximate surface area is 180 Å². The number of carbonyl (C=O) groups is 3. The van der Waals surface area contributed by atoms with Crippen molar-refractivity contribution < 1.29 is 19.1 Å². The molecule has 2 heterocycles. The van der Waals surface area contributed by atoms with Gasteiger partial charge < -0.3 is 20.3 Å². The maximum Gasteiger partial charge on any atom is 0.262 e. The molecule has 0 radical (unpaired) electrons. The third-order valence-electron chi connectivity index (χ3n) is 6.57.